The highest BCUT2D eigenvalue weighted by Crippen LogP contribution is 2.28. The highest BCUT2D eigenvalue weighted by Gasteiger charge is 2.13. The molecule has 2 N–H and O–H groups in total. The fourth-order valence-electron chi connectivity index (χ4n) is 2.34. The average Bonchev–Trinajstić information content (AvgIpc) is 2.86. The molecule has 3 rings (SSSR count). The number of nitrogens with two attached hydrogens (primary N) is 1. The monoisotopic (exact) mass is 274 g/mol. The third-order valence-electron chi connectivity index (χ3n) is 3.37. The predicted molar refractivity (Wildman–Crippen MR) is 75.7 cm³/mol. The van der Waals surface area contributed by atoms with Crippen molar-refractivity contribution < 1.29 is 4.74 Å². The van der Waals surface area contributed by atoms with Crippen LogP contribution in [0.1, 0.15) is 23.2 Å². The Morgan fingerprint density at radius 3 is 2.89 bits per heavy atom. The number of nitrogens with zero attached hydrogens (tertiary/aromatic N) is 1. The Hall–Kier alpha value is -1.58. The van der Waals surface area contributed by atoms with E-state index in [0.29, 0.717) is 23.2 Å². The number of aromatic nitrogens is 1. The largest absolute Gasteiger partial charge is 0.439 e. The van der Waals surface area contributed by atoms with E-state index in [1.807, 2.05) is 18.2 Å². The van der Waals surface area contributed by atoms with Crippen LogP contribution in [0.15, 0.2) is 30.3 Å². The molecule has 0 saturated heterocycles. The lowest BCUT2D eigenvalue weighted by molar-refractivity contribution is 0.461. The molecule has 1 aliphatic carbocycles. The first kappa shape index (κ1) is 12.5. The summed E-state index contributed by atoms with van der Waals surface area (Å²) in [6.45, 7) is 0.427. The SMILES string of the molecule is NCc1ccc(Oc2ccc3c(n2)CCC3)cc1Cl. The maximum absolute atomic E-state index is 6.11. The van der Waals surface area contributed by atoms with Gasteiger partial charge in [-0.05, 0) is 42.5 Å². The Balaban J connectivity index is 1.83. The zero-order chi connectivity index (χ0) is 13.2. The molecule has 0 saturated carbocycles. The second-order valence-electron chi connectivity index (χ2n) is 4.67. The van der Waals surface area contributed by atoms with E-state index in [1.165, 1.54) is 12.0 Å². The number of ether oxygens (including phenoxy) is 1. The number of rotatable bonds is 3. The standard InChI is InChI=1S/C15H15ClN2O/c16-13-8-12(6-4-11(13)9-17)19-15-7-5-10-2-1-3-14(10)18-15/h4-8H,1-3,9,17H2. The lowest BCUT2D eigenvalue weighted by atomic mass is 10.2. The number of benzene rings is 1. The van der Waals surface area contributed by atoms with Gasteiger partial charge in [0.15, 0.2) is 0 Å². The van der Waals surface area contributed by atoms with Crippen LogP contribution in [0, 0.1) is 0 Å². The lowest BCUT2D eigenvalue weighted by Crippen LogP contribution is -1.97. The Morgan fingerprint density at radius 2 is 2.11 bits per heavy atom. The first-order valence-electron chi connectivity index (χ1n) is 6.41. The number of halogens is 1. The molecule has 1 heterocycles. The fraction of sp³-hybridized carbons (Fsp3) is 0.267. The van der Waals surface area contributed by atoms with E-state index in [-0.39, 0.29) is 0 Å². The summed E-state index contributed by atoms with van der Waals surface area (Å²) in [6.07, 6.45) is 3.35. The molecule has 0 atom stereocenters. The van der Waals surface area contributed by atoms with Crippen LogP contribution in [-0.4, -0.2) is 4.98 Å². The minimum Gasteiger partial charge on any atom is -0.439 e. The lowest BCUT2D eigenvalue weighted by Gasteiger charge is -2.08. The molecule has 0 radical (unpaired) electrons. The molecule has 2 aromatic rings. The summed E-state index contributed by atoms with van der Waals surface area (Å²) in [5.74, 6) is 1.31. The highest BCUT2D eigenvalue weighted by molar-refractivity contribution is 6.31. The number of hydrogen-bond donors (Lipinski definition) is 1. The van der Waals surface area contributed by atoms with Gasteiger partial charge in [0.05, 0.1) is 0 Å². The second-order valence-corrected chi connectivity index (χ2v) is 5.08. The smallest absolute Gasteiger partial charge is 0.219 e. The molecular weight excluding hydrogens is 260 g/mol. The third kappa shape index (κ3) is 2.57. The van der Waals surface area contributed by atoms with Gasteiger partial charge in [0.1, 0.15) is 5.75 Å². The van der Waals surface area contributed by atoms with Gasteiger partial charge in [0.2, 0.25) is 5.88 Å². The van der Waals surface area contributed by atoms with Crippen molar-refractivity contribution in [2.45, 2.75) is 25.8 Å². The number of hydrogen-bond acceptors (Lipinski definition) is 3. The molecule has 0 bridgehead atoms. The van der Waals surface area contributed by atoms with Crippen LogP contribution in [0.5, 0.6) is 11.6 Å². The van der Waals surface area contributed by atoms with Crippen molar-refractivity contribution in [1.29, 1.82) is 0 Å². The van der Waals surface area contributed by atoms with Crippen LogP contribution in [-0.2, 0) is 19.4 Å². The summed E-state index contributed by atoms with van der Waals surface area (Å²) in [6, 6.07) is 9.53. The van der Waals surface area contributed by atoms with Crippen molar-refractivity contribution in [1.82, 2.24) is 4.98 Å². The van der Waals surface area contributed by atoms with Crippen molar-refractivity contribution in [2.75, 3.05) is 0 Å². The number of fused-ring (bicyclic) bond motifs is 1. The first-order valence-corrected chi connectivity index (χ1v) is 6.79. The highest BCUT2D eigenvalue weighted by atomic mass is 35.5. The first-order chi connectivity index (χ1) is 9.26. The molecule has 4 heteroatoms. The van der Waals surface area contributed by atoms with Gasteiger partial charge < -0.3 is 10.5 Å². The van der Waals surface area contributed by atoms with Crippen molar-refractivity contribution in [2.24, 2.45) is 5.73 Å². The van der Waals surface area contributed by atoms with Gasteiger partial charge in [-0.1, -0.05) is 23.7 Å². The Labute approximate surface area is 117 Å². The predicted octanol–water partition coefficient (Wildman–Crippen LogP) is 3.47. The van der Waals surface area contributed by atoms with Crippen molar-refractivity contribution >= 4 is 11.6 Å². The molecule has 0 fully saturated rings. The summed E-state index contributed by atoms with van der Waals surface area (Å²) in [5, 5.41) is 0.626. The van der Waals surface area contributed by atoms with Gasteiger partial charge in [-0.2, -0.15) is 0 Å². The fourth-order valence-corrected chi connectivity index (χ4v) is 2.58. The summed E-state index contributed by atoms with van der Waals surface area (Å²) < 4.78 is 5.75. The van der Waals surface area contributed by atoms with E-state index in [4.69, 9.17) is 22.1 Å². The van der Waals surface area contributed by atoms with E-state index < -0.39 is 0 Å². The van der Waals surface area contributed by atoms with E-state index in [9.17, 15) is 0 Å². The topological polar surface area (TPSA) is 48.1 Å². The normalized spacial score (nSPS) is 13.4. The Kier molecular flexibility index (Phi) is 3.40. The molecule has 1 aromatic heterocycles. The minimum absolute atomic E-state index is 0.427. The summed E-state index contributed by atoms with van der Waals surface area (Å²) >= 11 is 6.11. The Bertz CT molecular complexity index is 613. The molecular formula is C15H15ClN2O. The summed E-state index contributed by atoms with van der Waals surface area (Å²) in [5.41, 5.74) is 8.98. The van der Waals surface area contributed by atoms with Crippen LogP contribution in [0.25, 0.3) is 0 Å². The van der Waals surface area contributed by atoms with Gasteiger partial charge in [0.25, 0.3) is 0 Å². The van der Waals surface area contributed by atoms with E-state index in [1.54, 1.807) is 6.07 Å². The van der Waals surface area contributed by atoms with Crippen molar-refractivity contribution in [3.8, 4) is 11.6 Å². The average molecular weight is 275 g/mol. The number of pyridine rings is 1. The van der Waals surface area contributed by atoms with E-state index in [2.05, 4.69) is 11.1 Å². The van der Waals surface area contributed by atoms with E-state index in [0.717, 1.165) is 24.1 Å². The van der Waals surface area contributed by atoms with Crippen molar-refractivity contribution in [3.05, 3.63) is 52.2 Å². The summed E-state index contributed by atoms with van der Waals surface area (Å²) in [4.78, 5) is 4.53. The third-order valence-corrected chi connectivity index (χ3v) is 3.72. The van der Waals surface area contributed by atoms with Gasteiger partial charge in [-0.3, -0.25) is 0 Å². The number of aryl methyl sites for hydroxylation is 2. The molecule has 98 valence electrons. The molecule has 1 aromatic carbocycles. The van der Waals surface area contributed by atoms with Gasteiger partial charge in [-0.25, -0.2) is 4.98 Å². The van der Waals surface area contributed by atoms with Gasteiger partial charge in [0, 0.05) is 23.3 Å². The Morgan fingerprint density at radius 1 is 1.21 bits per heavy atom. The maximum Gasteiger partial charge on any atom is 0.219 e. The van der Waals surface area contributed by atoms with Crippen LogP contribution < -0.4 is 10.5 Å². The molecule has 1 aliphatic rings. The molecule has 0 amide bonds. The zero-order valence-electron chi connectivity index (χ0n) is 10.5. The molecule has 0 unspecified atom stereocenters. The van der Waals surface area contributed by atoms with Crippen LogP contribution in [0.4, 0.5) is 0 Å². The van der Waals surface area contributed by atoms with Crippen LogP contribution in [0.3, 0.4) is 0 Å². The molecule has 0 aliphatic heterocycles. The van der Waals surface area contributed by atoms with E-state index >= 15 is 0 Å². The van der Waals surface area contributed by atoms with Crippen LogP contribution >= 0.6 is 11.6 Å². The molecule has 3 nitrogen and oxygen atoms in total. The molecule has 19 heavy (non-hydrogen) atoms. The second kappa shape index (κ2) is 5.19. The molecule has 0 spiro atoms. The van der Waals surface area contributed by atoms with Gasteiger partial charge >= 0.3 is 0 Å². The quantitative estimate of drug-likeness (QED) is 0.932. The van der Waals surface area contributed by atoms with Gasteiger partial charge in [-0.15, -0.1) is 0 Å². The minimum atomic E-state index is 0.427. The van der Waals surface area contributed by atoms with Crippen LogP contribution in [0.2, 0.25) is 5.02 Å². The zero-order valence-corrected chi connectivity index (χ0v) is 11.3. The van der Waals surface area contributed by atoms with Crippen molar-refractivity contribution in [3.63, 3.8) is 0 Å². The summed E-state index contributed by atoms with van der Waals surface area (Å²) in [7, 11) is 0. The maximum atomic E-state index is 6.11.